The molecule has 0 radical (unpaired) electrons. The largest absolute Gasteiger partial charge is 0.488 e. The van der Waals surface area contributed by atoms with Gasteiger partial charge in [-0.1, -0.05) is 29.4 Å². The highest BCUT2D eigenvalue weighted by atomic mass is 16.5. The van der Waals surface area contributed by atoms with Crippen molar-refractivity contribution in [2.45, 2.75) is 20.5 Å². The van der Waals surface area contributed by atoms with E-state index >= 15 is 0 Å². The van der Waals surface area contributed by atoms with E-state index in [1.165, 1.54) is 7.11 Å². The molecule has 1 N–H and O–H groups in total. The molecule has 0 bridgehead atoms. The molecule has 1 heterocycles. The average Bonchev–Trinajstić information content (AvgIpc) is 3.01. The maximum absolute atomic E-state index is 12.6. The molecule has 0 unspecified atom stereocenters. The molecule has 3 rings (SSSR count). The second-order valence-corrected chi connectivity index (χ2v) is 6.05. The van der Waals surface area contributed by atoms with E-state index in [1.54, 1.807) is 12.1 Å². The topological polar surface area (TPSA) is 90.7 Å². The Morgan fingerprint density at radius 2 is 1.85 bits per heavy atom. The lowest BCUT2D eigenvalue weighted by Crippen LogP contribution is -2.30. The monoisotopic (exact) mass is 368 g/mol. The van der Waals surface area contributed by atoms with Gasteiger partial charge in [0.05, 0.1) is 23.9 Å². The van der Waals surface area contributed by atoms with Gasteiger partial charge in [0.2, 0.25) is 0 Å². The summed E-state index contributed by atoms with van der Waals surface area (Å²) in [7, 11) is 1.27. The molecular formula is C20H20N2O5. The van der Waals surface area contributed by atoms with Crippen LogP contribution in [-0.2, 0) is 16.1 Å². The molecule has 2 aromatic carbocycles. The van der Waals surface area contributed by atoms with E-state index in [0.717, 1.165) is 22.0 Å². The van der Waals surface area contributed by atoms with Crippen LogP contribution in [0.4, 0.5) is 0 Å². The zero-order chi connectivity index (χ0) is 19.4. The molecule has 0 atom stereocenters. The van der Waals surface area contributed by atoms with Crippen LogP contribution in [0, 0.1) is 13.8 Å². The van der Waals surface area contributed by atoms with Gasteiger partial charge in [-0.25, -0.2) is 0 Å². The summed E-state index contributed by atoms with van der Waals surface area (Å²) in [5.41, 5.74) is 1.92. The smallest absolute Gasteiger partial charge is 0.325 e. The van der Waals surface area contributed by atoms with Gasteiger partial charge in [-0.05, 0) is 36.8 Å². The van der Waals surface area contributed by atoms with Crippen molar-refractivity contribution in [2.75, 3.05) is 13.7 Å². The molecule has 27 heavy (non-hydrogen) atoms. The molecule has 7 nitrogen and oxygen atoms in total. The number of amides is 1. The number of rotatable bonds is 6. The van der Waals surface area contributed by atoms with Gasteiger partial charge >= 0.3 is 5.97 Å². The van der Waals surface area contributed by atoms with Gasteiger partial charge in [0, 0.05) is 0 Å². The number of hydrogen-bond donors (Lipinski definition) is 1. The molecular weight excluding hydrogens is 348 g/mol. The van der Waals surface area contributed by atoms with Gasteiger partial charge < -0.3 is 19.3 Å². The zero-order valence-electron chi connectivity index (χ0n) is 15.4. The molecule has 0 spiro atoms. The molecule has 0 fully saturated rings. The Morgan fingerprint density at radius 3 is 2.48 bits per heavy atom. The van der Waals surface area contributed by atoms with Gasteiger partial charge in [0.25, 0.3) is 5.91 Å². The molecule has 0 aliphatic heterocycles. The van der Waals surface area contributed by atoms with Crippen molar-refractivity contribution in [3.8, 4) is 5.75 Å². The third-order valence-electron chi connectivity index (χ3n) is 4.27. The number of hydrogen-bond acceptors (Lipinski definition) is 6. The quantitative estimate of drug-likeness (QED) is 0.673. The minimum atomic E-state index is -0.526. The highest BCUT2D eigenvalue weighted by molar-refractivity contribution is 6.02. The van der Waals surface area contributed by atoms with Crippen LogP contribution < -0.4 is 10.1 Å². The van der Waals surface area contributed by atoms with E-state index < -0.39 is 11.9 Å². The first-order chi connectivity index (χ1) is 13.0. The zero-order valence-corrected chi connectivity index (χ0v) is 15.4. The molecule has 3 aromatic rings. The number of methoxy groups -OCH3 is 1. The van der Waals surface area contributed by atoms with E-state index in [1.807, 2.05) is 38.1 Å². The number of ether oxygens (including phenoxy) is 2. The SMILES string of the molecule is COC(=O)CNC(=O)c1cc2ccccc2cc1OCc1c(C)noc1C. The molecule has 0 saturated carbocycles. The van der Waals surface area contributed by atoms with Crippen molar-refractivity contribution in [1.82, 2.24) is 10.5 Å². The van der Waals surface area contributed by atoms with Gasteiger partial charge in [-0.3, -0.25) is 9.59 Å². The molecule has 140 valence electrons. The van der Waals surface area contributed by atoms with Crippen molar-refractivity contribution >= 4 is 22.6 Å². The summed E-state index contributed by atoms with van der Waals surface area (Å²) in [6, 6.07) is 11.2. The van der Waals surface area contributed by atoms with E-state index in [0.29, 0.717) is 17.1 Å². The molecule has 0 saturated heterocycles. The summed E-state index contributed by atoms with van der Waals surface area (Å²) in [6.45, 7) is 3.64. The van der Waals surface area contributed by atoms with Crippen LogP contribution in [0.5, 0.6) is 5.75 Å². The van der Waals surface area contributed by atoms with Crippen LogP contribution >= 0.6 is 0 Å². The number of carbonyl (C=O) groups is 2. The Labute approximate surface area is 156 Å². The van der Waals surface area contributed by atoms with Gasteiger partial charge in [-0.2, -0.15) is 0 Å². The summed E-state index contributed by atoms with van der Waals surface area (Å²) >= 11 is 0. The lowest BCUT2D eigenvalue weighted by atomic mass is 10.1. The van der Waals surface area contributed by atoms with Gasteiger partial charge in [0.15, 0.2) is 0 Å². The summed E-state index contributed by atoms with van der Waals surface area (Å²) in [5.74, 6) is 0.142. The molecule has 7 heteroatoms. The van der Waals surface area contributed by atoms with Crippen molar-refractivity contribution in [3.05, 3.63) is 59.0 Å². The highest BCUT2D eigenvalue weighted by Crippen LogP contribution is 2.27. The second-order valence-electron chi connectivity index (χ2n) is 6.05. The maximum Gasteiger partial charge on any atom is 0.325 e. The minimum Gasteiger partial charge on any atom is -0.488 e. The fourth-order valence-corrected chi connectivity index (χ4v) is 2.69. The van der Waals surface area contributed by atoms with Gasteiger partial charge in [-0.15, -0.1) is 0 Å². The summed E-state index contributed by atoms with van der Waals surface area (Å²) in [5, 5.41) is 8.29. The summed E-state index contributed by atoms with van der Waals surface area (Å²) < 4.78 is 15.6. The third-order valence-corrected chi connectivity index (χ3v) is 4.27. The first-order valence-corrected chi connectivity index (χ1v) is 8.42. The first kappa shape index (κ1) is 18.4. The molecule has 0 aliphatic rings. The maximum atomic E-state index is 12.6. The Hall–Kier alpha value is -3.35. The van der Waals surface area contributed by atoms with E-state index in [4.69, 9.17) is 9.26 Å². The van der Waals surface area contributed by atoms with E-state index in [2.05, 4.69) is 15.2 Å². The number of benzene rings is 2. The predicted octanol–water partition coefficient (Wildman–Crippen LogP) is 2.93. The van der Waals surface area contributed by atoms with Crippen LogP contribution in [0.2, 0.25) is 0 Å². The fraction of sp³-hybridized carbons (Fsp3) is 0.250. The third kappa shape index (κ3) is 4.08. The van der Waals surface area contributed by atoms with E-state index in [9.17, 15) is 9.59 Å². The van der Waals surface area contributed by atoms with Crippen molar-refractivity contribution in [2.24, 2.45) is 0 Å². The van der Waals surface area contributed by atoms with Crippen LogP contribution in [0.3, 0.4) is 0 Å². The number of carbonyl (C=O) groups excluding carboxylic acids is 2. The Bertz CT molecular complexity index is 974. The predicted molar refractivity (Wildman–Crippen MR) is 98.6 cm³/mol. The lowest BCUT2D eigenvalue weighted by molar-refractivity contribution is -0.139. The number of esters is 1. The van der Waals surface area contributed by atoms with Crippen LogP contribution in [-0.4, -0.2) is 30.7 Å². The van der Waals surface area contributed by atoms with Crippen LogP contribution in [0.25, 0.3) is 10.8 Å². The Kier molecular flexibility index (Phi) is 5.40. The number of fused-ring (bicyclic) bond motifs is 1. The number of aryl methyl sites for hydroxylation is 2. The number of aromatic nitrogens is 1. The van der Waals surface area contributed by atoms with Crippen LogP contribution in [0.15, 0.2) is 40.9 Å². The standard InChI is InChI=1S/C20H20N2O5/c1-12-17(13(2)27-22-12)11-26-18-9-15-7-5-4-6-14(15)8-16(18)20(24)21-10-19(23)25-3/h4-9H,10-11H2,1-3H3,(H,21,24). The highest BCUT2D eigenvalue weighted by Gasteiger charge is 2.17. The van der Waals surface area contributed by atoms with Crippen molar-refractivity contribution in [1.29, 1.82) is 0 Å². The second kappa shape index (κ2) is 7.90. The van der Waals surface area contributed by atoms with Crippen LogP contribution in [0.1, 0.15) is 27.4 Å². The van der Waals surface area contributed by atoms with Crippen molar-refractivity contribution in [3.63, 3.8) is 0 Å². The lowest BCUT2D eigenvalue weighted by Gasteiger charge is -2.13. The van der Waals surface area contributed by atoms with Gasteiger partial charge in [0.1, 0.15) is 24.7 Å². The first-order valence-electron chi connectivity index (χ1n) is 8.42. The molecule has 0 aliphatic carbocycles. The number of nitrogens with one attached hydrogen (secondary N) is 1. The normalized spacial score (nSPS) is 10.6. The number of nitrogens with zero attached hydrogens (tertiary/aromatic N) is 1. The minimum absolute atomic E-state index is 0.217. The van der Waals surface area contributed by atoms with E-state index in [-0.39, 0.29) is 13.2 Å². The summed E-state index contributed by atoms with van der Waals surface area (Å²) in [4.78, 5) is 23.9. The molecule has 1 aromatic heterocycles. The Morgan fingerprint density at radius 1 is 1.15 bits per heavy atom. The fourth-order valence-electron chi connectivity index (χ4n) is 2.69. The Balaban J connectivity index is 1.91. The molecule has 1 amide bonds. The summed E-state index contributed by atoms with van der Waals surface area (Å²) in [6.07, 6.45) is 0. The van der Waals surface area contributed by atoms with Crippen molar-refractivity contribution < 1.29 is 23.6 Å². The average molecular weight is 368 g/mol.